The molecule has 1 aliphatic rings. The summed E-state index contributed by atoms with van der Waals surface area (Å²) in [6.07, 6.45) is 29.3. The summed E-state index contributed by atoms with van der Waals surface area (Å²) in [6.45, 7) is 5.91. The molecule has 180 valence electrons. The molecule has 3 heteroatoms. The molecule has 1 fully saturated rings. The first-order chi connectivity index (χ1) is 15.2. The molecule has 0 bridgehead atoms. The van der Waals surface area contributed by atoms with Gasteiger partial charge in [-0.25, -0.2) is 0 Å². The van der Waals surface area contributed by atoms with E-state index in [2.05, 4.69) is 13.5 Å². The van der Waals surface area contributed by atoms with E-state index in [1.165, 1.54) is 120 Å². The van der Waals surface area contributed by atoms with E-state index >= 15 is 0 Å². The molecular formula is C28H51NO2. The van der Waals surface area contributed by atoms with Gasteiger partial charge in [0.05, 0.1) is 0 Å². The summed E-state index contributed by atoms with van der Waals surface area (Å²) in [5, 5.41) is 0. The summed E-state index contributed by atoms with van der Waals surface area (Å²) in [4.78, 5) is 25.6. The first kappa shape index (κ1) is 27.9. The maximum Gasteiger partial charge on any atom is 0.236 e. The van der Waals surface area contributed by atoms with E-state index in [1.54, 1.807) is 0 Å². The minimum absolute atomic E-state index is 0.0190. The topological polar surface area (TPSA) is 37.4 Å². The van der Waals surface area contributed by atoms with Gasteiger partial charge in [-0.05, 0) is 19.3 Å². The molecule has 1 atom stereocenters. The van der Waals surface area contributed by atoms with Crippen LogP contribution < -0.4 is 0 Å². The Bertz CT molecular complexity index is 474. The average Bonchev–Trinajstić information content (AvgIpc) is 2.90. The molecule has 1 rings (SSSR count). The number of hydrogen-bond donors (Lipinski definition) is 0. The first-order valence-electron chi connectivity index (χ1n) is 13.7. The van der Waals surface area contributed by atoms with E-state index in [-0.39, 0.29) is 17.7 Å². The monoisotopic (exact) mass is 433 g/mol. The van der Waals surface area contributed by atoms with Gasteiger partial charge in [-0.1, -0.05) is 129 Å². The number of unbranched alkanes of at least 4 members (excludes halogenated alkanes) is 17. The Morgan fingerprint density at radius 3 is 1.58 bits per heavy atom. The van der Waals surface area contributed by atoms with Gasteiger partial charge in [0.2, 0.25) is 11.8 Å². The maximum atomic E-state index is 12.4. The van der Waals surface area contributed by atoms with Crippen LogP contribution in [-0.2, 0) is 9.59 Å². The molecule has 0 aromatic heterocycles. The van der Waals surface area contributed by atoms with Gasteiger partial charge < -0.3 is 0 Å². The molecule has 0 radical (unpaired) electrons. The van der Waals surface area contributed by atoms with Crippen LogP contribution in [0.2, 0.25) is 0 Å². The summed E-state index contributed by atoms with van der Waals surface area (Å²) in [5.41, 5.74) is 0. The van der Waals surface area contributed by atoms with E-state index in [1.807, 2.05) is 0 Å². The largest absolute Gasteiger partial charge is 0.274 e. The molecule has 1 aliphatic heterocycles. The lowest BCUT2D eigenvalue weighted by Crippen LogP contribution is -2.34. The van der Waals surface area contributed by atoms with E-state index in [9.17, 15) is 9.59 Å². The second-order valence-electron chi connectivity index (χ2n) is 9.67. The number of rotatable bonds is 20. The van der Waals surface area contributed by atoms with Crippen molar-refractivity contribution in [1.29, 1.82) is 0 Å². The van der Waals surface area contributed by atoms with Crippen molar-refractivity contribution in [2.45, 2.75) is 148 Å². The van der Waals surface area contributed by atoms with Crippen LogP contribution >= 0.6 is 0 Å². The quantitative estimate of drug-likeness (QED) is 0.142. The van der Waals surface area contributed by atoms with E-state index in [0.29, 0.717) is 6.42 Å². The maximum absolute atomic E-state index is 12.4. The number of amides is 2. The normalized spacial score (nSPS) is 17.2. The Hall–Kier alpha value is -1.12. The van der Waals surface area contributed by atoms with Crippen molar-refractivity contribution in [2.24, 2.45) is 5.92 Å². The molecule has 0 aromatic rings. The SMILES string of the molecule is C=CN1C(=O)CCCC(CCCCCCCCCCCCCCCCCCCC)C1=O. The Labute approximate surface area is 193 Å². The highest BCUT2D eigenvalue weighted by Gasteiger charge is 2.29. The van der Waals surface area contributed by atoms with Gasteiger partial charge in [-0.3, -0.25) is 14.5 Å². The zero-order valence-corrected chi connectivity index (χ0v) is 20.7. The molecule has 0 aromatic carbocycles. The second-order valence-corrected chi connectivity index (χ2v) is 9.67. The second kappa shape index (κ2) is 19.6. The number of imide groups is 1. The highest BCUT2D eigenvalue weighted by Crippen LogP contribution is 2.24. The molecule has 0 saturated carbocycles. The molecule has 1 saturated heterocycles. The number of hydrogen-bond acceptors (Lipinski definition) is 2. The third-order valence-corrected chi connectivity index (χ3v) is 6.89. The fraction of sp³-hybridized carbons (Fsp3) is 0.857. The van der Waals surface area contributed by atoms with Crippen molar-refractivity contribution < 1.29 is 9.59 Å². The number of nitrogens with zero attached hydrogens (tertiary/aromatic N) is 1. The molecule has 2 amide bonds. The zero-order chi connectivity index (χ0) is 22.6. The van der Waals surface area contributed by atoms with E-state index in [4.69, 9.17) is 0 Å². The van der Waals surface area contributed by atoms with Crippen LogP contribution in [0.15, 0.2) is 12.8 Å². The van der Waals surface area contributed by atoms with Crippen molar-refractivity contribution >= 4 is 11.8 Å². The fourth-order valence-corrected chi connectivity index (χ4v) is 4.82. The number of carbonyl (C=O) groups is 2. The van der Waals surface area contributed by atoms with Crippen LogP contribution in [-0.4, -0.2) is 16.7 Å². The van der Waals surface area contributed by atoms with Crippen LogP contribution in [0.25, 0.3) is 0 Å². The van der Waals surface area contributed by atoms with Gasteiger partial charge in [0.1, 0.15) is 0 Å². The van der Waals surface area contributed by atoms with Crippen molar-refractivity contribution in [3.8, 4) is 0 Å². The molecule has 0 N–H and O–H groups in total. The van der Waals surface area contributed by atoms with Crippen LogP contribution in [0.3, 0.4) is 0 Å². The average molecular weight is 434 g/mol. The third-order valence-electron chi connectivity index (χ3n) is 6.89. The Balaban J connectivity index is 1.85. The lowest BCUT2D eigenvalue weighted by atomic mass is 9.95. The first-order valence-corrected chi connectivity index (χ1v) is 13.7. The van der Waals surface area contributed by atoms with Crippen LogP contribution in [0.5, 0.6) is 0 Å². The summed E-state index contributed by atoms with van der Waals surface area (Å²) < 4.78 is 0. The van der Waals surface area contributed by atoms with Crippen LogP contribution in [0, 0.1) is 5.92 Å². The van der Waals surface area contributed by atoms with E-state index < -0.39 is 0 Å². The van der Waals surface area contributed by atoms with Gasteiger partial charge >= 0.3 is 0 Å². The number of likely N-dealkylation sites (tertiary alicyclic amines) is 1. The molecule has 1 unspecified atom stereocenters. The highest BCUT2D eigenvalue weighted by atomic mass is 16.2. The Kier molecular flexibility index (Phi) is 17.6. The Morgan fingerprint density at radius 2 is 1.16 bits per heavy atom. The summed E-state index contributed by atoms with van der Waals surface area (Å²) in [5.74, 6) is -0.0877. The predicted octanol–water partition coefficient (Wildman–Crippen LogP) is 8.72. The van der Waals surface area contributed by atoms with E-state index in [0.717, 1.165) is 25.7 Å². The lowest BCUT2D eigenvalue weighted by Gasteiger charge is -2.18. The molecular weight excluding hydrogens is 382 g/mol. The molecule has 31 heavy (non-hydrogen) atoms. The van der Waals surface area contributed by atoms with Gasteiger partial charge in [0, 0.05) is 18.5 Å². The number of carbonyl (C=O) groups excluding carboxylic acids is 2. The molecule has 3 nitrogen and oxygen atoms in total. The lowest BCUT2D eigenvalue weighted by molar-refractivity contribution is -0.142. The predicted molar refractivity (Wildman–Crippen MR) is 133 cm³/mol. The van der Waals surface area contributed by atoms with Gasteiger partial charge in [-0.2, -0.15) is 0 Å². The highest BCUT2D eigenvalue weighted by molar-refractivity contribution is 5.98. The standard InChI is InChI=1S/C28H51NO2/c1-3-5-6-7-8-9-10-11-12-13-14-15-16-17-18-19-20-21-23-26-24-22-25-27(30)29(4-2)28(26)31/h4,26H,2-3,5-25H2,1H3. The summed E-state index contributed by atoms with van der Waals surface area (Å²) in [6, 6.07) is 0. The minimum atomic E-state index is -0.0831. The smallest absolute Gasteiger partial charge is 0.236 e. The Morgan fingerprint density at radius 1 is 0.742 bits per heavy atom. The van der Waals surface area contributed by atoms with Crippen LogP contribution in [0.4, 0.5) is 0 Å². The fourth-order valence-electron chi connectivity index (χ4n) is 4.82. The zero-order valence-electron chi connectivity index (χ0n) is 20.7. The van der Waals surface area contributed by atoms with Crippen LogP contribution in [0.1, 0.15) is 148 Å². The summed E-state index contributed by atoms with van der Waals surface area (Å²) in [7, 11) is 0. The van der Waals surface area contributed by atoms with Crippen molar-refractivity contribution in [3.63, 3.8) is 0 Å². The minimum Gasteiger partial charge on any atom is -0.274 e. The molecule has 1 heterocycles. The van der Waals surface area contributed by atoms with Crippen molar-refractivity contribution in [2.75, 3.05) is 0 Å². The molecule has 0 aliphatic carbocycles. The van der Waals surface area contributed by atoms with Crippen molar-refractivity contribution in [3.05, 3.63) is 12.8 Å². The van der Waals surface area contributed by atoms with Gasteiger partial charge in [0.25, 0.3) is 0 Å². The summed E-state index contributed by atoms with van der Waals surface area (Å²) >= 11 is 0. The van der Waals surface area contributed by atoms with Gasteiger partial charge in [0.15, 0.2) is 0 Å². The van der Waals surface area contributed by atoms with Gasteiger partial charge in [-0.15, -0.1) is 0 Å². The third kappa shape index (κ3) is 13.8. The molecule has 0 spiro atoms. The van der Waals surface area contributed by atoms with Crippen molar-refractivity contribution in [1.82, 2.24) is 4.90 Å².